The van der Waals surface area contributed by atoms with Gasteiger partial charge in [-0.05, 0) is 43.9 Å². The SMILES string of the molecule is O=Cc1cc(F)ccc1OC1CCCC1. The molecule has 0 unspecified atom stereocenters. The Morgan fingerprint density at radius 1 is 1.33 bits per heavy atom. The minimum absolute atomic E-state index is 0.189. The number of carbonyl (C=O) groups excluding carboxylic acids is 1. The Labute approximate surface area is 88.1 Å². The molecule has 0 amide bonds. The predicted octanol–water partition coefficient (Wildman–Crippen LogP) is 2.96. The molecule has 1 aromatic carbocycles. The van der Waals surface area contributed by atoms with E-state index in [0.717, 1.165) is 12.8 Å². The molecule has 2 nitrogen and oxygen atoms in total. The quantitative estimate of drug-likeness (QED) is 0.714. The highest BCUT2D eigenvalue weighted by Crippen LogP contribution is 2.26. The summed E-state index contributed by atoms with van der Waals surface area (Å²) in [6.45, 7) is 0. The normalized spacial score (nSPS) is 16.6. The lowest BCUT2D eigenvalue weighted by Crippen LogP contribution is -2.12. The first-order valence-corrected chi connectivity index (χ1v) is 5.21. The maximum Gasteiger partial charge on any atom is 0.153 e. The summed E-state index contributed by atoms with van der Waals surface area (Å²) in [5.41, 5.74) is 0.293. The zero-order chi connectivity index (χ0) is 10.7. The number of hydrogen-bond acceptors (Lipinski definition) is 2. The van der Waals surface area contributed by atoms with Crippen molar-refractivity contribution in [2.45, 2.75) is 31.8 Å². The summed E-state index contributed by atoms with van der Waals surface area (Å²) in [5, 5.41) is 0. The van der Waals surface area contributed by atoms with Gasteiger partial charge in [0.25, 0.3) is 0 Å². The average molecular weight is 208 g/mol. The van der Waals surface area contributed by atoms with Crippen LogP contribution in [0.5, 0.6) is 5.75 Å². The van der Waals surface area contributed by atoms with E-state index in [-0.39, 0.29) is 6.10 Å². The van der Waals surface area contributed by atoms with Crippen molar-refractivity contribution in [3.63, 3.8) is 0 Å². The van der Waals surface area contributed by atoms with Gasteiger partial charge >= 0.3 is 0 Å². The molecule has 15 heavy (non-hydrogen) atoms. The first-order chi connectivity index (χ1) is 7.29. The molecule has 0 radical (unpaired) electrons. The van der Waals surface area contributed by atoms with Crippen molar-refractivity contribution in [2.75, 3.05) is 0 Å². The number of carbonyl (C=O) groups is 1. The number of rotatable bonds is 3. The van der Waals surface area contributed by atoms with Gasteiger partial charge < -0.3 is 4.74 Å². The van der Waals surface area contributed by atoms with Crippen molar-refractivity contribution in [3.05, 3.63) is 29.6 Å². The van der Waals surface area contributed by atoms with E-state index in [0.29, 0.717) is 17.6 Å². The number of halogens is 1. The topological polar surface area (TPSA) is 26.3 Å². The monoisotopic (exact) mass is 208 g/mol. The van der Waals surface area contributed by atoms with E-state index < -0.39 is 5.82 Å². The van der Waals surface area contributed by atoms with Crippen molar-refractivity contribution >= 4 is 6.29 Å². The van der Waals surface area contributed by atoms with Crippen molar-refractivity contribution in [2.24, 2.45) is 0 Å². The van der Waals surface area contributed by atoms with Crippen molar-refractivity contribution < 1.29 is 13.9 Å². The van der Waals surface area contributed by atoms with Gasteiger partial charge in [0.05, 0.1) is 11.7 Å². The van der Waals surface area contributed by atoms with E-state index in [1.165, 1.54) is 31.0 Å². The molecule has 2 rings (SSSR count). The summed E-state index contributed by atoms with van der Waals surface area (Å²) >= 11 is 0. The summed E-state index contributed by atoms with van der Waals surface area (Å²) < 4.78 is 18.5. The molecule has 3 heteroatoms. The maximum atomic E-state index is 12.8. The predicted molar refractivity (Wildman–Crippen MR) is 54.7 cm³/mol. The molecule has 0 bridgehead atoms. The van der Waals surface area contributed by atoms with Crippen LogP contribution in [0.3, 0.4) is 0 Å². The van der Waals surface area contributed by atoms with Gasteiger partial charge in [0.1, 0.15) is 11.6 Å². The fraction of sp³-hybridized carbons (Fsp3) is 0.417. The smallest absolute Gasteiger partial charge is 0.153 e. The van der Waals surface area contributed by atoms with Gasteiger partial charge in [0.15, 0.2) is 6.29 Å². The summed E-state index contributed by atoms with van der Waals surface area (Å²) in [5.74, 6) is 0.0918. The van der Waals surface area contributed by atoms with Gasteiger partial charge in [-0.3, -0.25) is 4.79 Å². The Morgan fingerprint density at radius 2 is 2.07 bits per heavy atom. The molecule has 0 aliphatic heterocycles. The molecule has 0 N–H and O–H groups in total. The van der Waals surface area contributed by atoms with Crippen LogP contribution < -0.4 is 4.74 Å². The second-order valence-corrected chi connectivity index (χ2v) is 3.82. The van der Waals surface area contributed by atoms with Crippen LogP contribution in [-0.2, 0) is 0 Å². The second-order valence-electron chi connectivity index (χ2n) is 3.82. The van der Waals surface area contributed by atoms with Crippen molar-refractivity contribution in [1.82, 2.24) is 0 Å². The highest BCUT2D eigenvalue weighted by Gasteiger charge is 2.17. The molecule has 1 aliphatic carbocycles. The van der Waals surface area contributed by atoms with Gasteiger partial charge in [-0.25, -0.2) is 4.39 Å². The molecular formula is C12H13FO2. The van der Waals surface area contributed by atoms with Gasteiger partial charge in [0, 0.05) is 0 Å². The lowest BCUT2D eigenvalue weighted by atomic mass is 10.2. The van der Waals surface area contributed by atoms with Crippen LogP contribution >= 0.6 is 0 Å². The number of ether oxygens (including phenoxy) is 1. The van der Waals surface area contributed by atoms with Gasteiger partial charge in [0.2, 0.25) is 0 Å². The third-order valence-corrected chi connectivity index (χ3v) is 2.69. The summed E-state index contributed by atoms with van der Waals surface area (Å²) in [6, 6.07) is 4.05. The van der Waals surface area contributed by atoms with Crippen LogP contribution in [0.2, 0.25) is 0 Å². The lowest BCUT2D eigenvalue weighted by molar-refractivity contribution is 0.111. The molecule has 0 saturated heterocycles. The molecule has 0 atom stereocenters. The molecule has 0 spiro atoms. The Kier molecular flexibility index (Phi) is 2.99. The molecular weight excluding hydrogens is 195 g/mol. The number of hydrogen-bond donors (Lipinski definition) is 0. The zero-order valence-corrected chi connectivity index (χ0v) is 8.41. The maximum absolute atomic E-state index is 12.8. The van der Waals surface area contributed by atoms with E-state index in [2.05, 4.69) is 0 Å². The molecule has 1 aliphatic rings. The Morgan fingerprint density at radius 3 is 2.73 bits per heavy atom. The largest absolute Gasteiger partial charge is 0.490 e. The minimum Gasteiger partial charge on any atom is -0.490 e. The van der Waals surface area contributed by atoms with Crippen LogP contribution in [0.4, 0.5) is 4.39 Å². The van der Waals surface area contributed by atoms with Crippen LogP contribution in [-0.4, -0.2) is 12.4 Å². The molecule has 80 valence electrons. The van der Waals surface area contributed by atoms with Gasteiger partial charge in [-0.2, -0.15) is 0 Å². The minimum atomic E-state index is -0.407. The summed E-state index contributed by atoms with van der Waals surface area (Å²) in [6.07, 6.45) is 5.21. The second kappa shape index (κ2) is 4.43. The van der Waals surface area contributed by atoms with Crippen LogP contribution in [0.25, 0.3) is 0 Å². The van der Waals surface area contributed by atoms with Crippen molar-refractivity contribution in [1.29, 1.82) is 0 Å². The number of benzene rings is 1. The van der Waals surface area contributed by atoms with Crippen LogP contribution in [0.15, 0.2) is 18.2 Å². The zero-order valence-electron chi connectivity index (χ0n) is 8.41. The third kappa shape index (κ3) is 2.35. The standard InChI is InChI=1S/C12H13FO2/c13-10-5-6-12(9(7-10)8-14)15-11-3-1-2-4-11/h5-8,11H,1-4H2. The van der Waals surface area contributed by atoms with Crippen LogP contribution in [0, 0.1) is 5.82 Å². The molecule has 0 heterocycles. The molecule has 1 fully saturated rings. The van der Waals surface area contributed by atoms with E-state index in [4.69, 9.17) is 4.74 Å². The first kappa shape index (κ1) is 10.1. The highest BCUT2D eigenvalue weighted by molar-refractivity contribution is 5.79. The summed E-state index contributed by atoms with van der Waals surface area (Å²) in [4.78, 5) is 10.7. The Balaban J connectivity index is 2.15. The Hall–Kier alpha value is -1.38. The highest BCUT2D eigenvalue weighted by atomic mass is 19.1. The molecule has 0 aromatic heterocycles. The first-order valence-electron chi connectivity index (χ1n) is 5.21. The number of aldehydes is 1. The van der Waals surface area contributed by atoms with E-state index in [1.54, 1.807) is 0 Å². The molecule has 1 aromatic rings. The van der Waals surface area contributed by atoms with E-state index in [9.17, 15) is 9.18 Å². The average Bonchev–Trinajstić information content (AvgIpc) is 2.73. The third-order valence-electron chi connectivity index (χ3n) is 2.69. The van der Waals surface area contributed by atoms with Gasteiger partial charge in [-0.15, -0.1) is 0 Å². The molecule has 1 saturated carbocycles. The summed E-state index contributed by atoms with van der Waals surface area (Å²) in [7, 11) is 0. The Bertz CT molecular complexity index is 357. The van der Waals surface area contributed by atoms with Crippen molar-refractivity contribution in [3.8, 4) is 5.75 Å². The lowest BCUT2D eigenvalue weighted by Gasteiger charge is -2.14. The van der Waals surface area contributed by atoms with E-state index in [1.807, 2.05) is 0 Å². The van der Waals surface area contributed by atoms with Gasteiger partial charge in [-0.1, -0.05) is 0 Å². The van der Waals surface area contributed by atoms with E-state index >= 15 is 0 Å². The fourth-order valence-corrected chi connectivity index (χ4v) is 1.90. The fourth-order valence-electron chi connectivity index (χ4n) is 1.90. The van der Waals surface area contributed by atoms with Crippen LogP contribution in [0.1, 0.15) is 36.0 Å².